The van der Waals surface area contributed by atoms with Crippen LogP contribution >= 0.6 is 0 Å². The average molecular weight is 537 g/mol. The van der Waals surface area contributed by atoms with Crippen molar-refractivity contribution in [2.45, 2.75) is 32.9 Å². The minimum Gasteiger partial charge on any atom is -0.492 e. The standard InChI is InChI=1S/C29H34F2N6O2/c1-19-6-7-26(39-9-8-35(3)4)13-27(19)29(38)34-20(2)21-10-22(24-14-32-36(5)16-24)12-23(11-21)25-15-33-37(17-25)18-28(30)31/h6-7,10-17,20,28H,8-9,18H2,1-5H3,(H,34,38)/t20-/m1/s1. The van der Waals surface area contributed by atoms with E-state index >= 15 is 0 Å². The first-order valence-electron chi connectivity index (χ1n) is 12.7. The molecular weight excluding hydrogens is 502 g/mol. The highest BCUT2D eigenvalue weighted by Gasteiger charge is 2.17. The summed E-state index contributed by atoms with van der Waals surface area (Å²) in [5.41, 5.74) is 5.55. The number of aromatic nitrogens is 4. The molecule has 1 amide bonds. The second-order valence-electron chi connectivity index (χ2n) is 9.91. The molecule has 0 unspecified atom stereocenters. The summed E-state index contributed by atoms with van der Waals surface area (Å²) in [7, 11) is 5.79. The number of benzene rings is 2. The molecule has 0 aliphatic carbocycles. The van der Waals surface area contributed by atoms with Crippen LogP contribution in [0.5, 0.6) is 5.75 Å². The second kappa shape index (κ2) is 12.2. The van der Waals surface area contributed by atoms with Crippen molar-refractivity contribution in [1.82, 2.24) is 29.8 Å². The van der Waals surface area contributed by atoms with E-state index in [4.69, 9.17) is 4.74 Å². The molecule has 0 saturated heterocycles. The summed E-state index contributed by atoms with van der Waals surface area (Å²) < 4.78 is 34.5. The molecule has 39 heavy (non-hydrogen) atoms. The van der Waals surface area contributed by atoms with Crippen molar-refractivity contribution in [3.05, 3.63) is 77.9 Å². The summed E-state index contributed by atoms with van der Waals surface area (Å²) in [5, 5.41) is 11.5. The Balaban J connectivity index is 1.60. The fraction of sp³-hybridized carbons (Fsp3) is 0.345. The number of rotatable bonds is 11. The zero-order chi connectivity index (χ0) is 28.1. The summed E-state index contributed by atoms with van der Waals surface area (Å²) in [6.07, 6.45) is 4.34. The van der Waals surface area contributed by atoms with E-state index in [-0.39, 0.29) is 11.9 Å². The number of nitrogens with one attached hydrogen (secondary N) is 1. The zero-order valence-corrected chi connectivity index (χ0v) is 22.9. The smallest absolute Gasteiger partial charge is 0.257 e. The molecule has 4 aromatic rings. The number of ether oxygens (including phenoxy) is 1. The normalized spacial score (nSPS) is 12.2. The summed E-state index contributed by atoms with van der Waals surface area (Å²) >= 11 is 0. The van der Waals surface area contributed by atoms with Crippen LogP contribution in [0.25, 0.3) is 22.3 Å². The first-order valence-corrected chi connectivity index (χ1v) is 12.7. The molecule has 206 valence electrons. The lowest BCUT2D eigenvalue weighted by molar-refractivity contribution is 0.0938. The lowest BCUT2D eigenvalue weighted by Gasteiger charge is -2.18. The number of amides is 1. The first kappa shape index (κ1) is 28.0. The van der Waals surface area contributed by atoms with Crippen molar-refractivity contribution in [3.8, 4) is 28.0 Å². The highest BCUT2D eigenvalue weighted by Crippen LogP contribution is 2.31. The number of likely N-dealkylation sites (N-methyl/N-ethyl adjacent to an activating group) is 1. The van der Waals surface area contributed by atoms with Gasteiger partial charge in [-0.2, -0.15) is 10.2 Å². The van der Waals surface area contributed by atoms with Crippen molar-refractivity contribution in [3.63, 3.8) is 0 Å². The largest absolute Gasteiger partial charge is 0.492 e. The number of carbonyl (C=O) groups is 1. The Morgan fingerprint density at radius 3 is 2.36 bits per heavy atom. The number of halogens is 2. The fourth-order valence-corrected chi connectivity index (χ4v) is 4.20. The summed E-state index contributed by atoms with van der Waals surface area (Å²) in [6, 6.07) is 11.1. The van der Waals surface area contributed by atoms with Gasteiger partial charge in [-0.05, 0) is 80.5 Å². The lowest BCUT2D eigenvalue weighted by atomic mass is 9.96. The van der Waals surface area contributed by atoms with E-state index in [1.54, 1.807) is 29.3 Å². The van der Waals surface area contributed by atoms with Gasteiger partial charge in [0.1, 0.15) is 18.9 Å². The minimum absolute atomic E-state index is 0.212. The van der Waals surface area contributed by atoms with Gasteiger partial charge in [0.25, 0.3) is 12.3 Å². The maximum Gasteiger partial charge on any atom is 0.257 e. The summed E-state index contributed by atoms with van der Waals surface area (Å²) in [5.74, 6) is 0.429. The third-order valence-corrected chi connectivity index (χ3v) is 6.39. The number of nitrogens with zero attached hydrogens (tertiary/aromatic N) is 5. The molecule has 10 heteroatoms. The summed E-state index contributed by atoms with van der Waals surface area (Å²) in [4.78, 5) is 15.4. The van der Waals surface area contributed by atoms with Crippen molar-refractivity contribution in [1.29, 1.82) is 0 Å². The minimum atomic E-state index is -2.49. The van der Waals surface area contributed by atoms with Gasteiger partial charge < -0.3 is 15.0 Å². The molecule has 1 atom stereocenters. The quantitative estimate of drug-likeness (QED) is 0.293. The van der Waals surface area contributed by atoms with Crippen molar-refractivity contribution >= 4 is 5.91 Å². The Morgan fingerprint density at radius 2 is 1.72 bits per heavy atom. The SMILES string of the molecule is Cc1ccc(OCCN(C)C)cc1C(=O)N[C@H](C)c1cc(-c2cnn(C)c2)cc(-c2cnn(CC(F)F)c2)c1. The first-order chi connectivity index (χ1) is 18.6. The van der Waals surface area contributed by atoms with E-state index < -0.39 is 13.0 Å². The molecule has 0 fully saturated rings. The van der Waals surface area contributed by atoms with Crippen molar-refractivity contribution in [2.75, 3.05) is 27.2 Å². The Bertz CT molecular complexity index is 1430. The molecule has 8 nitrogen and oxygen atoms in total. The van der Waals surface area contributed by atoms with Crippen molar-refractivity contribution < 1.29 is 18.3 Å². The van der Waals surface area contributed by atoms with E-state index in [1.807, 2.05) is 76.4 Å². The second-order valence-corrected chi connectivity index (χ2v) is 9.91. The average Bonchev–Trinajstić information content (AvgIpc) is 3.53. The summed E-state index contributed by atoms with van der Waals surface area (Å²) in [6.45, 7) is 4.62. The number of aryl methyl sites for hydroxylation is 2. The van der Waals surface area contributed by atoms with Gasteiger partial charge in [0, 0.05) is 42.7 Å². The molecule has 2 aromatic carbocycles. The van der Waals surface area contributed by atoms with Crippen LogP contribution in [0.15, 0.2) is 61.2 Å². The molecule has 0 spiro atoms. The molecule has 0 saturated carbocycles. The van der Waals surface area contributed by atoms with Crippen LogP contribution in [-0.4, -0.2) is 64.0 Å². The number of alkyl halides is 2. The van der Waals surface area contributed by atoms with Crippen molar-refractivity contribution in [2.24, 2.45) is 7.05 Å². The Morgan fingerprint density at radius 1 is 1.03 bits per heavy atom. The molecule has 0 radical (unpaired) electrons. The Labute approximate surface area is 227 Å². The molecule has 2 heterocycles. The molecule has 0 aliphatic rings. The van der Waals surface area contributed by atoms with Crippen LogP contribution in [0.2, 0.25) is 0 Å². The van der Waals surface area contributed by atoms with Crippen LogP contribution in [0.1, 0.15) is 34.5 Å². The Kier molecular flexibility index (Phi) is 8.75. The van der Waals surface area contributed by atoms with E-state index in [0.717, 1.165) is 34.4 Å². The van der Waals surface area contributed by atoms with E-state index in [9.17, 15) is 13.6 Å². The zero-order valence-electron chi connectivity index (χ0n) is 22.9. The lowest BCUT2D eigenvalue weighted by Crippen LogP contribution is -2.27. The van der Waals surface area contributed by atoms with Gasteiger partial charge in [0.2, 0.25) is 0 Å². The van der Waals surface area contributed by atoms with E-state index in [0.29, 0.717) is 23.5 Å². The molecule has 2 aromatic heterocycles. The molecule has 0 bridgehead atoms. The number of hydrogen-bond donors (Lipinski definition) is 1. The van der Waals surface area contributed by atoms with E-state index in [2.05, 4.69) is 15.5 Å². The predicted molar refractivity (Wildman–Crippen MR) is 147 cm³/mol. The van der Waals surface area contributed by atoms with Crippen LogP contribution in [0, 0.1) is 6.92 Å². The monoisotopic (exact) mass is 536 g/mol. The third kappa shape index (κ3) is 7.29. The van der Waals surface area contributed by atoms with Crippen LogP contribution < -0.4 is 10.1 Å². The van der Waals surface area contributed by atoms with Crippen LogP contribution in [0.3, 0.4) is 0 Å². The van der Waals surface area contributed by atoms with Gasteiger partial charge >= 0.3 is 0 Å². The topological polar surface area (TPSA) is 77.2 Å². The van der Waals surface area contributed by atoms with Gasteiger partial charge in [0.15, 0.2) is 0 Å². The molecule has 0 aliphatic heterocycles. The molecular formula is C29H34F2N6O2. The molecule has 1 N–H and O–H groups in total. The highest BCUT2D eigenvalue weighted by atomic mass is 19.3. The maximum atomic E-state index is 13.3. The number of carbonyl (C=O) groups excluding carboxylic acids is 1. The Hall–Kier alpha value is -4.05. The van der Waals surface area contributed by atoms with Crippen LogP contribution in [-0.2, 0) is 13.6 Å². The third-order valence-electron chi connectivity index (χ3n) is 6.39. The van der Waals surface area contributed by atoms with E-state index in [1.165, 1.54) is 4.68 Å². The van der Waals surface area contributed by atoms with Gasteiger partial charge in [-0.25, -0.2) is 8.78 Å². The predicted octanol–water partition coefficient (Wildman–Crippen LogP) is 4.96. The fourth-order valence-electron chi connectivity index (χ4n) is 4.20. The number of hydrogen-bond acceptors (Lipinski definition) is 5. The highest BCUT2D eigenvalue weighted by molar-refractivity contribution is 5.96. The molecule has 4 rings (SSSR count). The van der Waals surface area contributed by atoms with Gasteiger partial charge in [-0.3, -0.25) is 14.2 Å². The maximum absolute atomic E-state index is 13.3. The van der Waals surface area contributed by atoms with Gasteiger partial charge in [0.05, 0.1) is 18.4 Å². The van der Waals surface area contributed by atoms with Gasteiger partial charge in [-0.1, -0.05) is 6.07 Å². The van der Waals surface area contributed by atoms with Crippen LogP contribution in [0.4, 0.5) is 8.78 Å². The van der Waals surface area contributed by atoms with Gasteiger partial charge in [-0.15, -0.1) is 0 Å².